The monoisotopic (exact) mass is 376 g/mol. The number of hydrogen-bond donors (Lipinski definition) is 0. The number of ether oxygens (including phenoxy) is 3. The van der Waals surface area contributed by atoms with Gasteiger partial charge in [-0.25, -0.2) is 0 Å². The molecule has 5 nitrogen and oxygen atoms in total. The molecular weight excluding hydrogens is 344 g/mol. The van der Waals surface area contributed by atoms with E-state index in [9.17, 15) is 9.59 Å². The molecule has 4 fully saturated rings. The summed E-state index contributed by atoms with van der Waals surface area (Å²) in [6.45, 7) is 14.2. The van der Waals surface area contributed by atoms with Gasteiger partial charge >= 0.3 is 5.97 Å². The van der Waals surface area contributed by atoms with E-state index in [4.69, 9.17) is 14.2 Å². The molecule has 0 aromatic carbocycles. The van der Waals surface area contributed by atoms with E-state index in [1.807, 2.05) is 0 Å². The molecule has 0 aromatic heterocycles. The number of hydrogen-bond acceptors (Lipinski definition) is 5. The van der Waals surface area contributed by atoms with Gasteiger partial charge < -0.3 is 14.2 Å². The summed E-state index contributed by atoms with van der Waals surface area (Å²) >= 11 is 0. The van der Waals surface area contributed by atoms with Crippen LogP contribution in [0.15, 0.2) is 12.2 Å². The fraction of sp³-hybridized carbons (Fsp3) is 0.818. The molecule has 2 saturated heterocycles. The lowest BCUT2D eigenvalue weighted by atomic mass is 9.56. The summed E-state index contributed by atoms with van der Waals surface area (Å²) in [5.74, 6) is -0.226. The van der Waals surface area contributed by atoms with Crippen LogP contribution < -0.4 is 0 Å². The summed E-state index contributed by atoms with van der Waals surface area (Å²) in [6.07, 6.45) is 3.85. The molecule has 4 rings (SSSR count). The molecule has 4 aliphatic rings. The van der Waals surface area contributed by atoms with Gasteiger partial charge in [0.2, 0.25) is 0 Å². The van der Waals surface area contributed by atoms with Gasteiger partial charge in [0, 0.05) is 25.7 Å². The van der Waals surface area contributed by atoms with Crippen LogP contribution in [0.1, 0.15) is 66.7 Å². The van der Waals surface area contributed by atoms with Crippen molar-refractivity contribution in [3.63, 3.8) is 0 Å². The van der Waals surface area contributed by atoms with Crippen molar-refractivity contribution in [1.29, 1.82) is 0 Å². The molecule has 2 heterocycles. The van der Waals surface area contributed by atoms with E-state index in [1.165, 1.54) is 6.92 Å². The van der Waals surface area contributed by atoms with Crippen LogP contribution in [0.3, 0.4) is 0 Å². The van der Waals surface area contributed by atoms with Gasteiger partial charge in [-0.1, -0.05) is 20.4 Å². The van der Waals surface area contributed by atoms with E-state index < -0.39 is 6.10 Å². The molecule has 7 atom stereocenters. The van der Waals surface area contributed by atoms with Crippen molar-refractivity contribution < 1.29 is 23.8 Å². The van der Waals surface area contributed by atoms with Crippen LogP contribution in [0.5, 0.6) is 0 Å². The van der Waals surface area contributed by atoms with Crippen molar-refractivity contribution in [1.82, 2.24) is 0 Å². The molecule has 2 saturated carbocycles. The van der Waals surface area contributed by atoms with Gasteiger partial charge in [0.15, 0.2) is 5.78 Å². The van der Waals surface area contributed by atoms with Crippen LogP contribution >= 0.6 is 0 Å². The van der Waals surface area contributed by atoms with E-state index >= 15 is 0 Å². The van der Waals surface area contributed by atoms with Crippen molar-refractivity contribution in [2.45, 2.75) is 96.2 Å². The summed E-state index contributed by atoms with van der Waals surface area (Å²) in [4.78, 5) is 24.7. The fourth-order valence-electron chi connectivity index (χ4n) is 5.74. The number of Topliss-reactive ketones (excluding diaryl/α,β-unsaturated/α-hetero) is 1. The maximum absolute atomic E-state index is 12.8. The number of rotatable bonds is 1. The minimum absolute atomic E-state index is 0.0928. The molecule has 2 aliphatic carbocycles. The average Bonchev–Trinajstić information content (AvgIpc) is 3.38. The van der Waals surface area contributed by atoms with Gasteiger partial charge in [-0.15, -0.1) is 0 Å². The highest BCUT2D eigenvalue weighted by atomic mass is 16.6. The van der Waals surface area contributed by atoms with Crippen molar-refractivity contribution in [3.05, 3.63) is 12.2 Å². The maximum Gasteiger partial charge on any atom is 0.302 e. The molecule has 7 unspecified atom stereocenters. The van der Waals surface area contributed by atoms with Gasteiger partial charge in [-0.3, -0.25) is 9.59 Å². The van der Waals surface area contributed by atoms with Crippen molar-refractivity contribution in [2.75, 3.05) is 0 Å². The molecule has 2 bridgehead atoms. The Labute approximate surface area is 161 Å². The smallest absolute Gasteiger partial charge is 0.302 e. The summed E-state index contributed by atoms with van der Waals surface area (Å²) in [6, 6.07) is 0. The highest BCUT2D eigenvalue weighted by molar-refractivity contribution is 5.96. The van der Waals surface area contributed by atoms with Gasteiger partial charge in [-0.2, -0.15) is 0 Å². The normalized spacial score (nSPS) is 48.4. The van der Waals surface area contributed by atoms with E-state index in [1.54, 1.807) is 0 Å². The van der Waals surface area contributed by atoms with Crippen LogP contribution in [0, 0.1) is 17.3 Å². The largest absolute Gasteiger partial charge is 0.462 e. The fourth-order valence-corrected chi connectivity index (χ4v) is 5.74. The Morgan fingerprint density at radius 3 is 2.48 bits per heavy atom. The zero-order valence-corrected chi connectivity index (χ0v) is 17.2. The second kappa shape index (κ2) is 5.90. The Kier molecular flexibility index (Phi) is 4.18. The van der Waals surface area contributed by atoms with Crippen molar-refractivity contribution >= 4 is 11.8 Å². The number of carbonyl (C=O) groups excluding carboxylic acids is 2. The predicted molar refractivity (Wildman–Crippen MR) is 100 cm³/mol. The number of ketones is 1. The Bertz CT molecular complexity index is 697. The highest BCUT2D eigenvalue weighted by Gasteiger charge is 2.62. The molecule has 0 radical (unpaired) electrons. The Balaban J connectivity index is 1.72. The number of carbonyl (C=O) groups is 2. The van der Waals surface area contributed by atoms with E-state index in [2.05, 4.69) is 34.3 Å². The Hall–Kier alpha value is -1.20. The first-order chi connectivity index (χ1) is 12.5. The molecule has 2 aliphatic heterocycles. The van der Waals surface area contributed by atoms with E-state index in [0.717, 1.165) is 19.3 Å². The van der Waals surface area contributed by atoms with Crippen molar-refractivity contribution in [3.8, 4) is 0 Å². The third-order valence-corrected chi connectivity index (χ3v) is 7.79. The minimum Gasteiger partial charge on any atom is -0.462 e. The van der Waals surface area contributed by atoms with Gasteiger partial charge in [0.1, 0.15) is 6.10 Å². The molecule has 0 aromatic rings. The summed E-state index contributed by atoms with van der Waals surface area (Å²) in [5, 5.41) is 0. The predicted octanol–water partition coefficient (Wildman–Crippen LogP) is 3.59. The van der Waals surface area contributed by atoms with Crippen LogP contribution in [0.2, 0.25) is 0 Å². The quantitative estimate of drug-likeness (QED) is 0.397. The first-order valence-electron chi connectivity index (χ1n) is 10.2. The number of fused-ring (bicyclic) bond motifs is 4. The summed E-state index contributed by atoms with van der Waals surface area (Å²) in [5.41, 5.74) is -0.0192. The molecule has 150 valence electrons. The van der Waals surface area contributed by atoms with Gasteiger partial charge in [0.25, 0.3) is 0 Å². The lowest BCUT2D eigenvalue weighted by molar-refractivity contribution is -0.155. The first-order valence-corrected chi connectivity index (χ1v) is 10.2. The zero-order valence-electron chi connectivity index (χ0n) is 17.2. The highest BCUT2D eigenvalue weighted by Crippen LogP contribution is 2.57. The van der Waals surface area contributed by atoms with Gasteiger partial charge in [0.05, 0.1) is 23.4 Å². The van der Waals surface area contributed by atoms with Gasteiger partial charge in [-0.05, 0) is 50.0 Å². The zero-order chi connectivity index (χ0) is 19.8. The van der Waals surface area contributed by atoms with Crippen LogP contribution in [0.25, 0.3) is 0 Å². The third-order valence-electron chi connectivity index (χ3n) is 7.79. The number of epoxide rings is 2. The van der Waals surface area contributed by atoms with Crippen LogP contribution in [-0.4, -0.2) is 41.3 Å². The summed E-state index contributed by atoms with van der Waals surface area (Å²) < 4.78 is 17.9. The lowest BCUT2D eigenvalue weighted by Gasteiger charge is -2.48. The Morgan fingerprint density at radius 1 is 1.15 bits per heavy atom. The second-order valence-corrected chi connectivity index (χ2v) is 10.1. The van der Waals surface area contributed by atoms with Crippen LogP contribution in [0.4, 0.5) is 0 Å². The van der Waals surface area contributed by atoms with E-state index in [-0.39, 0.29) is 52.4 Å². The average molecular weight is 376 g/mol. The minimum atomic E-state index is -0.391. The molecule has 0 N–H and O–H groups in total. The Morgan fingerprint density at radius 2 is 1.81 bits per heavy atom. The molecule has 27 heavy (non-hydrogen) atoms. The molecule has 5 heteroatoms. The maximum atomic E-state index is 12.8. The summed E-state index contributed by atoms with van der Waals surface area (Å²) in [7, 11) is 0. The number of esters is 1. The van der Waals surface area contributed by atoms with E-state index in [0.29, 0.717) is 18.4 Å². The second-order valence-electron chi connectivity index (χ2n) is 10.1. The first kappa shape index (κ1) is 19.1. The SMILES string of the molecule is C=C1C(=O)CC2CC3OC3(C)CCC3OC3(C)CC(OC(C)=O)C1C2(C)C. The molecular formula is C22H32O5. The molecule has 0 spiro atoms. The lowest BCUT2D eigenvalue weighted by Crippen LogP contribution is -2.49. The standard InChI is InChI=1S/C22H32O5/c1-12-15(24)9-14-10-18-21(5,27-18)8-7-17-22(6,26-17)11-16(25-13(2)23)19(12)20(14,3)4/h14,16-19H,1,7-11H2,2-6H3. The third kappa shape index (κ3) is 3.17. The topological polar surface area (TPSA) is 68.4 Å². The van der Waals surface area contributed by atoms with Crippen molar-refractivity contribution in [2.24, 2.45) is 17.3 Å². The molecule has 0 amide bonds. The van der Waals surface area contributed by atoms with Crippen LogP contribution in [-0.2, 0) is 23.8 Å².